The Labute approximate surface area is 178 Å². The van der Waals surface area contributed by atoms with E-state index in [1.165, 1.54) is 6.20 Å². The number of amides is 1. The van der Waals surface area contributed by atoms with E-state index < -0.39 is 12.8 Å². The van der Waals surface area contributed by atoms with E-state index in [9.17, 15) is 18.0 Å². The quantitative estimate of drug-likeness (QED) is 0.523. The van der Waals surface area contributed by atoms with Crippen LogP contribution in [0.1, 0.15) is 42.4 Å². The van der Waals surface area contributed by atoms with Gasteiger partial charge in [-0.15, -0.1) is 0 Å². The molecular weight excluding hydrogens is 441 g/mol. The Morgan fingerprint density at radius 3 is 3.03 bits per heavy atom. The van der Waals surface area contributed by atoms with Gasteiger partial charge in [0, 0.05) is 23.6 Å². The molecule has 0 spiro atoms. The maximum Gasteiger partial charge on any atom is 0.422 e. The monoisotopic (exact) mass is 458 g/mol. The summed E-state index contributed by atoms with van der Waals surface area (Å²) in [5.41, 5.74) is 1.71. The number of aromatic amines is 1. The lowest BCUT2D eigenvalue weighted by atomic mass is 10.2. The molecule has 2 aromatic heterocycles. The highest BCUT2D eigenvalue weighted by atomic mass is 35.5. The first kappa shape index (κ1) is 20.9. The standard InChI is InChI=1S/C19H18ClF3N4O2S/c1-9(15-7-24-18(30-15)29-8-19(21,22)23)25-16(28)5-10-4-12(10)17-26-13-3-2-11(20)6-14(13)27-17/h2-3,6-7,9-10,12H,4-5,8H2,1H3,(H,25,28)(H,26,27)/t9-,10+,12-/m1/s1. The Kier molecular flexibility index (Phi) is 5.63. The maximum atomic E-state index is 12.4. The van der Waals surface area contributed by atoms with Gasteiger partial charge in [-0.1, -0.05) is 22.9 Å². The largest absolute Gasteiger partial charge is 0.460 e. The van der Waals surface area contributed by atoms with Crippen molar-refractivity contribution in [3.8, 4) is 5.19 Å². The van der Waals surface area contributed by atoms with E-state index in [0.717, 1.165) is 34.6 Å². The Bertz CT molecular complexity index is 1070. The van der Waals surface area contributed by atoms with Crippen molar-refractivity contribution < 1.29 is 22.7 Å². The summed E-state index contributed by atoms with van der Waals surface area (Å²) in [4.78, 5) is 24.7. The number of nitrogens with zero attached hydrogens (tertiary/aromatic N) is 2. The summed E-state index contributed by atoms with van der Waals surface area (Å²) < 4.78 is 41.3. The van der Waals surface area contributed by atoms with Crippen molar-refractivity contribution in [2.75, 3.05) is 6.61 Å². The van der Waals surface area contributed by atoms with Gasteiger partial charge in [0.2, 0.25) is 5.91 Å². The van der Waals surface area contributed by atoms with E-state index >= 15 is 0 Å². The third-order valence-corrected chi connectivity index (χ3v) is 6.18. The van der Waals surface area contributed by atoms with Gasteiger partial charge in [0.1, 0.15) is 5.82 Å². The number of halogens is 4. The Hall–Kier alpha value is -2.33. The van der Waals surface area contributed by atoms with E-state index in [1.807, 2.05) is 12.1 Å². The van der Waals surface area contributed by atoms with Crippen molar-refractivity contribution in [3.05, 3.63) is 40.1 Å². The highest BCUT2D eigenvalue weighted by Gasteiger charge is 2.42. The maximum absolute atomic E-state index is 12.4. The SMILES string of the molecule is C[C@@H](NC(=O)C[C@@H]1C[C@H]1c1nc2ccc(Cl)cc2[nH]1)c1cnc(OCC(F)(F)F)s1. The average Bonchev–Trinajstić information content (AvgIpc) is 3.08. The number of alkyl halides is 3. The molecule has 4 rings (SSSR count). The van der Waals surface area contributed by atoms with Crippen LogP contribution >= 0.6 is 22.9 Å². The molecule has 3 aromatic rings. The Morgan fingerprint density at radius 2 is 2.27 bits per heavy atom. The zero-order valence-corrected chi connectivity index (χ0v) is 17.4. The summed E-state index contributed by atoms with van der Waals surface area (Å²) in [5.74, 6) is 1.12. The van der Waals surface area contributed by atoms with E-state index in [1.54, 1.807) is 13.0 Å². The zero-order chi connectivity index (χ0) is 21.5. The fourth-order valence-corrected chi connectivity index (χ4v) is 4.21. The number of imidazole rings is 1. The first-order valence-electron chi connectivity index (χ1n) is 9.28. The third-order valence-electron chi connectivity index (χ3n) is 4.85. The van der Waals surface area contributed by atoms with Gasteiger partial charge in [-0.3, -0.25) is 4.79 Å². The molecule has 2 heterocycles. The second kappa shape index (κ2) is 8.07. The van der Waals surface area contributed by atoms with E-state index in [2.05, 4.69) is 25.0 Å². The molecule has 0 aliphatic heterocycles. The van der Waals surface area contributed by atoms with Gasteiger partial charge in [0.15, 0.2) is 6.61 Å². The third kappa shape index (κ3) is 5.04. The van der Waals surface area contributed by atoms with Gasteiger partial charge in [-0.05, 0) is 37.5 Å². The predicted octanol–water partition coefficient (Wildman–Crippen LogP) is 4.98. The highest BCUT2D eigenvalue weighted by Crippen LogP contribution is 2.48. The van der Waals surface area contributed by atoms with E-state index in [4.69, 9.17) is 11.6 Å². The predicted molar refractivity (Wildman–Crippen MR) is 107 cm³/mol. The molecule has 11 heteroatoms. The Balaban J connectivity index is 1.28. The molecule has 0 radical (unpaired) electrons. The second-order valence-electron chi connectivity index (χ2n) is 7.31. The number of hydrogen-bond acceptors (Lipinski definition) is 5. The van der Waals surface area contributed by atoms with E-state index in [0.29, 0.717) is 16.3 Å². The molecule has 1 saturated carbocycles. The van der Waals surface area contributed by atoms with Crippen molar-refractivity contribution in [2.24, 2.45) is 5.92 Å². The zero-order valence-electron chi connectivity index (χ0n) is 15.8. The molecular formula is C19H18ClF3N4O2S. The highest BCUT2D eigenvalue weighted by molar-refractivity contribution is 7.13. The molecule has 0 bridgehead atoms. The first-order chi connectivity index (χ1) is 14.2. The smallest absolute Gasteiger partial charge is 0.422 e. The number of H-pyrrole nitrogens is 1. The number of carbonyl (C=O) groups excluding carboxylic acids is 1. The van der Waals surface area contributed by atoms with Crippen LogP contribution in [0.2, 0.25) is 5.02 Å². The van der Waals surface area contributed by atoms with Gasteiger partial charge >= 0.3 is 6.18 Å². The number of thiazole rings is 1. The summed E-state index contributed by atoms with van der Waals surface area (Å²) in [5, 5.41) is 3.42. The molecule has 1 aliphatic carbocycles. The van der Waals surface area contributed by atoms with Crippen LogP contribution in [-0.2, 0) is 4.79 Å². The lowest BCUT2D eigenvalue weighted by molar-refractivity contribution is -0.153. The molecule has 1 aliphatic rings. The normalized spacial score (nSPS) is 19.6. The van der Waals surface area contributed by atoms with Crippen molar-refractivity contribution >= 4 is 39.9 Å². The molecule has 1 fully saturated rings. The number of aromatic nitrogens is 3. The molecule has 2 N–H and O–H groups in total. The molecule has 1 aromatic carbocycles. The van der Waals surface area contributed by atoms with Gasteiger partial charge < -0.3 is 15.0 Å². The minimum Gasteiger partial charge on any atom is -0.460 e. The molecule has 3 atom stereocenters. The number of carbonyl (C=O) groups is 1. The topological polar surface area (TPSA) is 79.9 Å². The molecule has 30 heavy (non-hydrogen) atoms. The van der Waals surface area contributed by atoms with Crippen LogP contribution in [0.4, 0.5) is 13.2 Å². The molecule has 1 amide bonds. The van der Waals surface area contributed by atoms with Crippen molar-refractivity contribution in [1.82, 2.24) is 20.3 Å². The van der Waals surface area contributed by atoms with Gasteiger partial charge in [-0.25, -0.2) is 9.97 Å². The van der Waals surface area contributed by atoms with Crippen LogP contribution in [0, 0.1) is 5.92 Å². The van der Waals surface area contributed by atoms with Gasteiger partial charge in [-0.2, -0.15) is 13.2 Å². The average molecular weight is 459 g/mol. The van der Waals surface area contributed by atoms with Crippen LogP contribution in [0.5, 0.6) is 5.19 Å². The summed E-state index contributed by atoms with van der Waals surface area (Å²) in [6, 6.07) is 5.09. The summed E-state index contributed by atoms with van der Waals surface area (Å²) >= 11 is 6.98. The molecule has 0 saturated heterocycles. The van der Waals surface area contributed by atoms with Crippen molar-refractivity contribution in [3.63, 3.8) is 0 Å². The number of ether oxygens (including phenoxy) is 1. The second-order valence-corrected chi connectivity index (χ2v) is 8.77. The number of hydrogen-bond donors (Lipinski definition) is 2. The van der Waals surface area contributed by atoms with Crippen LogP contribution in [0.15, 0.2) is 24.4 Å². The van der Waals surface area contributed by atoms with Crippen LogP contribution < -0.4 is 10.1 Å². The van der Waals surface area contributed by atoms with Crippen LogP contribution in [0.25, 0.3) is 11.0 Å². The fraction of sp³-hybridized carbons (Fsp3) is 0.421. The van der Waals surface area contributed by atoms with Gasteiger partial charge in [0.25, 0.3) is 5.19 Å². The summed E-state index contributed by atoms with van der Waals surface area (Å²) in [6.07, 6.45) is -1.78. The number of benzene rings is 1. The lowest BCUT2D eigenvalue weighted by Gasteiger charge is -2.11. The lowest BCUT2D eigenvalue weighted by Crippen LogP contribution is -2.26. The van der Waals surface area contributed by atoms with Crippen molar-refractivity contribution in [1.29, 1.82) is 0 Å². The molecule has 6 nitrogen and oxygen atoms in total. The number of fused-ring (bicyclic) bond motifs is 1. The number of rotatable bonds is 7. The molecule has 160 valence electrons. The molecule has 0 unspecified atom stereocenters. The van der Waals surface area contributed by atoms with E-state index in [-0.39, 0.29) is 29.0 Å². The summed E-state index contributed by atoms with van der Waals surface area (Å²) in [6.45, 7) is 0.365. The number of nitrogens with one attached hydrogen (secondary N) is 2. The first-order valence-corrected chi connectivity index (χ1v) is 10.5. The van der Waals surface area contributed by atoms with Crippen LogP contribution in [-0.4, -0.2) is 33.6 Å². The van der Waals surface area contributed by atoms with Crippen molar-refractivity contribution in [2.45, 2.75) is 37.9 Å². The minimum absolute atomic E-state index is 0.0735. The minimum atomic E-state index is -4.42. The fourth-order valence-electron chi connectivity index (χ4n) is 3.28. The van der Waals surface area contributed by atoms with Gasteiger partial charge in [0.05, 0.1) is 22.0 Å². The van der Waals surface area contributed by atoms with Crippen LogP contribution in [0.3, 0.4) is 0 Å². The summed E-state index contributed by atoms with van der Waals surface area (Å²) in [7, 11) is 0. The Morgan fingerprint density at radius 1 is 1.47 bits per heavy atom.